The molecule has 0 aliphatic carbocycles. The van der Waals surface area contributed by atoms with Crippen LogP contribution in [0.3, 0.4) is 0 Å². The molecule has 0 saturated heterocycles. The highest BCUT2D eigenvalue weighted by Gasteiger charge is 2.27. The first-order valence-electron chi connectivity index (χ1n) is 8.88. The quantitative estimate of drug-likeness (QED) is 0.544. The number of carbonyl (C=O) groups is 1. The predicted molar refractivity (Wildman–Crippen MR) is 106 cm³/mol. The second-order valence-electron chi connectivity index (χ2n) is 6.70. The van der Waals surface area contributed by atoms with Gasteiger partial charge in [-0.25, -0.2) is 4.98 Å². The Hall–Kier alpha value is -3.05. The third-order valence-electron chi connectivity index (χ3n) is 5.16. The van der Waals surface area contributed by atoms with Gasteiger partial charge in [0.05, 0.1) is 16.1 Å². The molecular weight excluding hydrogens is 360 g/mol. The van der Waals surface area contributed by atoms with Crippen LogP contribution in [0.2, 0.25) is 5.02 Å². The van der Waals surface area contributed by atoms with Gasteiger partial charge in [-0.05, 0) is 12.1 Å². The maximum absolute atomic E-state index is 13.3. The van der Waals surface area contributed by atoms with E-state index in [0.29, 0.717) is 29.5 Å². The fraction of sp³-hybridized carbons (Fsp3) is 0.143. The van der Waals surface area contributed by atoms with Crippen LogP contribution in [0.4, 0.5) is 0 Å². The molecule has 6 heteroatoms. The summed E-state index contributed by atoms with van der Waals surface area (Å²) in [5.41, 5.74) is 4.76. The minimum Gasteiger partial charge on any atom is -0.357 e. The molecule has 0 saturated carbocycles. The molecule has 0 fully saturated rings. The van der Waals surface area contributed by atoms with Crippen molar-refractivity contribution in [1.82, 2.24) is 19.9 Å². The molecule has 0 spiro atoms. The van der Waals surface area contributed by atoms with Crippen molar-refractivity contribution in [3.05, 3.63) is 76.7 Å². The minimum absolute atomic E-state index is 0.0176. The van der Waals surface area contributed by atoms with Gasteiger partial charge in [0.2, 0.25) is 0 Å². The number of amides is 1. The first kappa shape index (κ1) is 16.1. The maximum atomic E-state index is 13.3. The number of nitrogens with zero attached hydrogens (tertiary/aromatic N) is 2. The number of H-pyrrole nitrogens is 2. The highest BCUT2D eigenvalue weighted by molar-refractivity contribution is 6.35. The number of para-hydroxylation sites is 1. The molecule has 5 nitrogen and oxygen atoms in total. The normalized spacial score (nSPS) is 13.7. The van der Waals surface area contributed by atoms with Crippen LogP contribution in [0, 0.1) is 0 Å². The lowest BCUT2D eigenvalue weighted by molar-refractivity contribution is 0.0736. The number of aromatic amines is 2. The molecule has 0 radical (unpaired) electrons. The molecule has 2 aromatic heterocycles. The first-order valence-corrected chi connectivity index (χ1v) is 9.26. The zero-order valence-corrected chi connectivity index (χ0v) is 15.3. The number of halogens is 1. The van der Waals surface area contributed by atoms with E-state index in [4.69, 9.17) is 11.6 Å². The van der Waals surface area contributed by atoms with Gasteiger partial charge in [-0.15, -0.1) is 0 Å². The highest BCUT2D eigenvalue weighted by atomic mass is 35.5. The van der Waals surface area contributed by atoms with Crippen LogP contribution >= 0.6 is 11.6 Å². The number of nitrogens with one attached hydrogen (secondary N) is 2. The van der Waals surface area contributed by atoms with E-state index < -0.39 is 0 Å². The Balaban J connectivity index is 1.52. The molecule has 3 heterocycles. The summed E-state index contributed by atoms with van der Waals surface area (Å²) in [4.78, 5) is 26.0. The Morgan fingerprint density at radius 1 is 1.15 bits per heavy atom. The lowest BCUT2D eigenvalue weighted by atomic mass is 10.0. The number of imidazole rings is 1. The van der Waals surface area contributed by atoms with Crippen LogP contribution in [-0.4, -0.2) is 32.3 Å². The highest BCUT2D eigenvalue weighted by Crippen LogP contribution is 2.32. The number of fused-ring (bicyclic) bond motifs is 3. The molecule has 0 atom stereocenters. The van der Waals surface area contributed by atoms with Gasteiger partial charge in [0, 0.05) is 54.1 Å². The summed E-state index contributed by atoms with van der Waals surface area (Å²) < 4.78 is 0. The average Bonchev–Trinajstić information content (AvgIpc) is 3.36. The second kappa shape index (κ2) is 6.28. The topological polar surface area (TPSA) is 64.8 Å². The number of rotatable bonds is 2. The molecule has 0 unspecified atom stereocenters. The molecule has 4 aromatic rings. The van der Waals surface area contributed by atoms with E-state index >= 15 is 0 Å². The predicted octanol–water partition coefficient (Wildman–Crippen LogP) is 4.41. The van der Waals surface area contributed by atoms with Gasteiger partial charge in [-0.1, -0.05) is 41.9 Å². The molecule has 2 N–H and O–H groups in total. The van der Waals surface area contributed by atoms with Crippen molar-refractivity contribution in [3.8, 4) is 11.4 Å². The molecule has 0 bridgehead atoms. The number of carbonyl (C=O) groups excluding carboxylic acids is 1. The van der Waals surface area contributed by atoms with E-state index in [1.165, 1.54) is 5.69 Å². The van der Waals surface area contributed by atoms with E-state index in [2.05, 4.69) is 21.0 Å². The van der Waals surface area contributed by atoms with Crippen molar-refractivity contribution in [3.63, 3.8) is 0 Å². The average molecular weight is 377 g/mol. The molecule has 134 valence electrons. The molecule has 1 amide bonds. The second-order valence-corrected chi connectivity index (χ2v) is 7.11. The summed E-state index contributed by atoms with van der Waals surface area (Å²) in [7, 11) is 0. The lowest BCUT2D eigenvalue weighted by Crippen LogP contribution is -2.36. The fourth-order valence-electron chi connectivity index (χ4n) is 3.83. The van der Waals surface area contributed by atoms with Crippen LogP contribution in [0.1, 0.15) is 21.6 Å². The molecule has 1 aliphatic rings. The van der Waals surface area contributed by atoms with E-state index in [0.717, 1.165) is 28.5 Å². The van der Waals surface area contributed by atoms with Crippen LogP contribution in [0.15, 0.2) is 54.9 Å². The summed E-state index contributed by atoms with van der Waals surface area (Å²) >= 11 is 6.33. The summed E-state index contributed by atoms with van der Waals surface area (Å²) in [5, 5.41) is 1.80. The van der Waals surface area contributed by atoms with Crippen molar-refractivity contribution >= 4 is 28.4 Å². The SMILES string of the molecule is O=C(c1ccccc1-c1ncc[nH]1)N1CCc2[nH]c3c(Cl)cccc3c2C1. The summed E-state index contributed by atoms with van der Waals surface area (Å²) in [6.07, 6.45) is 4.24. The molecule has 27 heavy (non-hydrogen) atoms. The smallest absolute Gasteiger partial charge is 0.254 e. The van der Waals surface area contributed by atoms with Crippen molar-refractivity contribution in [2.45, 2.75) is 13.0 Å². The fourth-order valence-corrected chi connectivity index (χ4v) is 4.06. The van der Waals surface area contributed by atoms with Crippen LogP contribution in [0.5, 0.6) is 0 Å². The zero-order valence-electron chi connectivity index (χ0n) is 14.5. The van der Waals surface area contributed by atoms with E-state index in [-0.39, 0.29) is 5.91 Å². The van der Waals surface area contributed by atoms with Crippen molar-refractivity contribution in [1.29, 1.82) is 0 Å². The van der Waals surface area contributed by atoms with Gasteiger partial charge in [0.1, 0.15) is 5.82 Å². The molecule has 2 aromatic carbocycles. The summed E-state index contributed by atoms with van der Waals surface area (Å²) in [6.45, 7) is 1.24. The van der Waals surface area contributed by atoms with Crippen LogP contribution < -0.4 is 0 Å². The Kier molecular flexibility index (Phi) is 3.76. The molecule has 5 rings (SSSR count). The number of aromatic nitrogens is 3. The third kappa shape index (κ3) is 2.62. The maximum Gasteiger partial charge on any atom is 0.254 e. The standard InChI is InChI=1S/C21H17ClN4O/c22-17-7-3-6-13-16-12-26(11-8-18(16)25-19(13)17)21(27)15-5-2-1-4-14(15)20-23-9-10-24-20/h1-7,9-10,25H,8,11-12H2,(H,23,24). The van der Waals surface area contributed by atoms with Gasteiger partial charge in [0.15, 0.2) is 0 Å². The van der Waals surface area contributed by atoms with Gasteiger partial charge in [-0.2, -0.15) is 0 Å². The van der Waals surface area contributed by atoms with Gasteiger partial charge < -0.3 is 14.9 Å². The molecular formula is C21H17ClN4O. The zero-order chi connectivity index (χ0) is 18.4. The Morgan fingerprint density at radius 3 is 2.89 bits per heavy atom. The number of hydrogen-bond donors (Lipinski definition) is 2. The van der Waals surface area contributed by atoms with Crippen LogP contribution in [-0.2, 0) is 13.0 Å². The Morgan fingerprint density at radius 2 is 2.04 bits per heavy atom. The first-order chi connectivity index (χ1) is 13.2. The molecule has 1 aliphatic heterocycles. The number of benzene rings is 2. The minimum atomic E-state index is 0.0176. The Labute approximate surface area is 161 Å². The summed E-state index contributed by atoms with van der Waals surface area (Å²) in [5.74, 6) is 0.722. The monoisotopic (exact) mass is 376 g/mol. The van der Waals surface area contributed by atoms with Crippen molar-refractivity contribution in [2.75, 3.05) is 6.54 Å². The van der Waals surface area contributed by atoms with Gasteiger partial charge >= 0.3 is 0 Å². The summed E-state index contributed by atoms with van der Waals surface area (Å²) in [6, 6.07) is 13.5. The third-order valence-corrected chi connectivity index (χ3v) is 5.47. The Bertz CT molecular complexity index is 1150. The largest absolute Gasteiger partial charge is 0.357 e. The number of hydrogen-bond acceptors (Lipinski definition) is 2. The van der Waals surface area contributed by atoms with Crippen molar-refractivity contribution in [2.24, 2.45) is 0 Å². The van der Waals surface area contributed by atoms with Crippen LogP contribution in [0.25, 0.3) is 22.3 Å². The van der Waals surface area contributed by atoms with Gasteiger partial charge in [0.25, 0.3) is 5.91 Å². The van der Waals surface area contributed by atoms with E-state index in [1.54, 1.807) is 12.4 Å². The lowest BCUT2D eigenvalue weighted by Gasteiger charge is -2.28. The van der Waals surface area contributed by atoms with Gasteiger partial charge in [-0.3, -0.25) is 4.79 Å². The van der Waals surface area contributed by atoms with E-state index in [1.807, 2.05) is 41.3 Å². The van der Waals surface area contributed by atoms with E-state index in [9.17, 15) is 4.79 Å². The van der Waals surface area contributed by atoms with Crippen molar-refractivity contribution < 1.29 is 4.79 Å².